The minimum Gasteiger partial charge on any atom is -0.330 e. The zero-order valence-corrected chi connectivity index (χ0v) is 13.2. The predicted molar refractivity (Wildman–Crippen MR) is 72.3 cm³/mol. The second-order valence-corrected chi connectivity index (χ2v) is 8.18. The van der Waals surface area contributed by atoms with Crippen molar-refractivity contribution in [3.63, 3.8) is 0 Å². The molecule has 2 rings (SSSR count). The Balaban J connectivity index is 0.00000162. The van der Waals surface area contributed by atoms with E-state index in [2.05, 4.69) is 0 Å². The van der Waals surface area contributed by atoms with Crippen LogP contribution in [0.1, 0.15) is 13.8 Å². The molecule has 1 aliphatic heterocycles. The number of fused-ring (bicyclic) bond motifs is 1. The predicted octanol–water partition coefficient (Wildman–Crippen LogP) is 1.60. The number of thioether (sulfide) groups is 2. The summed E-state index contributed by atoms with van der Waals surface area (Å²) in [4.78, 5) is 2.24. The molecule has 18 heavy (non-hydrogen) atoms. The van der Waals surface area contributed by atoms with Gasteiger partial charge in [0.15, 0.2) is 0 Å². The molecule has 1 aliphatic rings. The van der Waals surface area contributed by atoms with E-state index in [4.69, 9.17) is 9.05 Å². The number of hydrogen-bond acceptors (Lipinski definition) is 5. The van der Waals surface area contributed by atoms with E-state index < -0.39 is 7.60 Å². The molecule has 0 spiro atoms. The summed E-state index contributed by atoms with van der Waals surface area (Å²) in [5.74, 6) is 0. The van der Waals surface area contributed by atoms with Crippen molar-refractivity contribution in [2.45, 2.75) is 23.6 Å². The maximum atomic E-state index is 12.6. The quantitative estimate of drug-likeness (QED) is 0.468. The third-order valence-electron chi connectivity index (χ3n) is 2.07. The first-order valence-corrected chi connectivity index (χ1v) is 8.58. The van der Waals surface area contributed by atoms with Crippen LogP contribution in [0.5, 0.6) is 0 Å². The van der Waals surface area contributed by atoms with Crippen LogP contribution < -0.4 is 18.9 Å². The van der Waals surface area contributed by atoms with Crippen molar-refractivity contribution in [3.8, 4) is 0 Å². The molecule has 0 unspecified atom stereocenters. The smallest absolute Gasteiger partial charge is 0.330 e. The molecule has 3 nitrogen and oxygen atoms in total. The zero-order valence-electron chi connectivity index (χ0n) is 10.7. The monoisotopic (exact) mass is 296 g/mol. The van der Waals surface area contributed by atoms with Crippen molar-refractivity contribution in [2.75, 3.05) is 13.2 Å². The van der Waals surface area contributed by atoms with Gasteiger partial charge in [-0.25, -0.2) is 0 Å². The summed E-state index contributed by atoms with van der Waals surface area (Å²) in [6, 6.07) is 7.98. The maximum Gasteiger partial charge on any atom is 1.00 e. The molecule has 7 heteroatoms. The van der Waals surface area contributed by atoms with Crippen molar-refractivity contribution < 1.29 is 32.5 Å². The molecule has 0 amide bonds. The van der Waals surface area contributed by atoms with E-state index in [0.29, 0.717) is 13.2 Å². The first-order chi connectivity index (χ1) is 8.19. The van der Waals surface area contributed by atoms with E-state index >= 15 is 0 Å². The van der Waals surface area contributed by atoms with Gasteiger partial charge in [-0.3, -0.25) is 28.1 Å². The van der Waals surface area contributed by atoms with Crippen molar-refractivity contribution in [2.24, 2.45) is 0 Å². The van der Waals surface area contributed by atoms with Crippen LogP contribution in [0.2, 0.25) is 0 Å². The van der Waals surface area contributed by atoms with Crippen LogP contribution in [0.4, 0.5) is 0 Å². The van der Waals surface area contributed by atoms with Gasteiger partial charge in [-0.1, -0.05) is 28.6 Å². The average Bonchev–Trinajstić information content (AvgIpc) is 2.74. The number of rotatable bonds is 5. The topological polar surface area (TPSA) is 35.5 Å². The second kappa shape index (κ2) is 7.45. The van der Waals surface area contributed by atoms with E-state index in [1.54, 1.807) is 0 Å². The van der Waals surface area contributed by atoms with E-state index in [-0.39, 0.29) is 18.9 Å². The molecule has 1 heterocycles. The van der Waals surface area contributed by atoms with Crippen LogP contribution >= 0.6 is 31.1 Å². The Labute approximate surface area is 128 Å². The molecule has 0 atom stereocenters. The summed E-state index contributed by atoms with van der Waals surface area (Å²) in [6.45, 7) is 4.42. The van der Waals surface area contributed by atoms with Crippen molar-refractivity contribution in [1.29, 1.82) is 0 Å². The maximum absolute atomic E-state index is 12.6. The standard InChI is InChI=1S/C11H14O3PS2.Li/c1-3-13-15(12,14-4-2)11-16-9-7-5-6-8-10(9)17-11;/h5-8H,3-4H2,1-2H3;/q-1;+1. The summed E-state index contributed by atoms with van der Waals surface area (Å²) < 4.78 is 24.0. The Bertz CT molecular complexity index is 409. The molecular weight excluding hydrogens is 282 g/mol. The Kier molecular flexibility index (Phi) is 6.92. The fourth-order valence-corrected chi connectivity index (χ4v) is 6.47. The van der Waals surface area contributed by atoms with Gasteiger partial charge in [-0.05, 0) is 23.6 Å². The third-order valence-corrected chi connectivity index (χ3v) is 7.73. The fraction of sp³-hybridized carbons (Fsp3) is 0.364. The van der Waals surface area contributed by atoms with Crippen LogP contribution in [0.3, 0.4) is 0 Å². The van der Waals surface area contributed by atoms with E-state index in [9.17, 15) is 4.57 Å². The minimum absolute atomic E-state index is 0. The van der Waals surface area contributed by atoms with Gasteiger partial charge in [0.1, 0.15) is 0 Å². The molecule has 1 aromatic carbocycles. The first kappa shape index (κ1) is 16.7. The van der Waals surface area contributed by atoms with Gasteiger partial charge in [-0.15, -0.1) is 0 Å². The number of hydrogen-bond donors (Lipinski definition) is 0. The average molecular weight is 296 g/mol. The normalized spacial score (nSPS) is 15.2. The Morgan fingerprint density at radius 2 is 1.56 bits per heavy atom. The SMILES string of the molecule is CCOP(=O)(OCC)[C-]1Sc2ccccc2S1.[Li+]. The molecular formula is C11H14LiO3PS2. The van der Waals surface area contributed by atoms with Gasteiger partial charge in [0.25, 0.3) is 0 Å². The van der Waals surface area contributed by atoms with Gasteiger partial charge in [0.2, 0.25) is 7.60 Å². The van der Waals surface area contributed by atoms with E-state index in [0.717, 1.165) is 14.1 Å². The molecule has 0 radical (unpaired) electrons. The molecule has 94 valence electrons. The summed E-state index contributed by atoms with van der Waals surface area (Å²) in [5, 5.41) is 0. The van der Waals surface area contributed by atoms with E-state index in [1.165, 1.54) is 23.5 Å². The molecule has 0 saturated carbocycles. The number of benzene rings is 1. The Morgan fingerprint density at radius 1 is 1.11 bits per heavy atom. The van der Waals surface area contributed by atoms with Gasteiger partial charge < -0.3 is 9.05 Å². The zero-order chi connectivity index (χ0) is 12.3. The van der Waals surface area contributed by atoms with Gasteiger partial charge >= 0.3 is 18.9 Å². The molecule has 0 N–H and O–H groups in total. The minimum atomic E-state index is -3.11. The van der Waals surface area contributed by atoms with Crippen LogP contribution in [-0.4, -0.2) is 13.2 Å². The van der Waals surface area contributed by atoms with Crippen LogP contribution in [0, 0.1) is 4.32 Å². The Morgan fingerprint density at radius 3 is 1.94 bits per heavy atom. The summed E-state index contributed by atoms with van der Waals surface area (Å²) in [7, 11) is -3.11. The Hall–Kier alpha value is 0.667. The molecule has 0 bridgehead atoms. The molecule has 1 aromatic rings. The summed E-state index contributed by atoms with van der Waals surface area (Å²) in [6.07, 6.45) is 0. The first-order valence-electron chi connectivity index (χ1n) is 5.41. The van der Waals surface area contributed by atoms with Crippen LogP contribution in [0.15, 0.2) is 34.1 Å². The fourth-order valence-electron chi connectivity index (χ4n) is 1.42. The second-order valence-electron chi connectivity index (χ2n) is 3.25. The van der Waals surface area contributed by atoms with Gasteiger partial charge in [0, 0.05) is 0 Å². The van der Waals surface area contributed by atoms with Crippen molar-refractivity contribution in [1.82, 2.24) is 0 Å². The van der Waals surface area contributed by atoms with Gasteiger partial charge in [0.05, 0.1) is 13.2 Å². The molecule has 0 saturated heterocycles. The largest absolute Gasteiger partial charge is 1.00 e. The summed E-state index contributed by atoms with van der Waals surface area (Å²) in [5.41, 5.74) is 0. The van der Waals surface area contributed by atoms with Gasteiger partial charge in [-0.2, -0.15) is 0 Å². The molecule has 0 fully saturated rings. The van der Waals surface area contributed by atoms with Crippen molar-refractivity contribution >= 4 is 31.1 Å². The molecule has 0 aliphatic carbocycles. The van der Waals surface area contributed by atoms with E-state index in [1.807, 2.05) is 38.1 Å². The van der Waals surface area contributed by atoms with Crippen LogP contribution in [0.25, 0.3) is 0 Å². The van der Waals surface area contributed by atoms with Crippen molar-refractivity contribution in [3.05, 3.63) is 28.6 Å². The third kappa shape index (κ3) is 3.61. The summed E-state index contributed by atoms with van der Waals surface area (Å²) >= 11 is 2.98. The van der Waals surface area contributed by atoms with Crippen LogP contribution in [-0.2, 0) is 13.6 Å². The molecule has 0 aromatic heterocycles.